The van der Waals surface area contributed by atoms with E-state index in [1.165, 1.54) is 18.5 Å². The lowest BCUT2D eigenvalue weighted by Crippen LogP contribution is -2.31. The van der Waals surface area contributed by atoms with Gasteiger partial charge in [-0.25, -0.2) is 4.98 Å². The summed E-state index contributed by atoms with van der Waals surface area (Å²) < 4.78 is 1.96. The standard InChI is InChI=1S/C20H28N4O/c1-15(2)19-21-9-12-24(19)16(3)20(25)22-14-17-7-6-8-18(13-17)23-10-4-5-11-23/h6-9,12-13,15-16H,4-5,10-11,14H2,1-3H3,(H,22,25). The van der Waals surface area contributed by atoms with Crippen LogP contribution in [0.25, 0.3) is 0 Å². The number of benzene rings is 1. The molecule has 1 aromatic heterocycles. The number of imidazole rings is 1. The van der Waals surface area contributed by atoms with Crippen LogP contribution >= 0.6 is 0 Å². The van der Waals surface area contributed by atoms with E-state index in [4.69, 9.17) is 0 Å². The van der Waals surface area contributed by atoms with Crippen LogP contribution < -0.4 is 10.2 Å². The van der Waals surface area contributed by atoms with Crippen LogP contribution in [0.4, 0.5) is 5.69 Å². The molecule has 25 heavy (non-hydrogen) atoms. The molecule has 1 atom stereocenters. The van der Waals surface area contributed by atoms with Crippen LogP contribution in [-0.4, -0.2) is 28.5 Å². The molecule has 0 bridgehead atoms. The highest BCUT2D eigenvalue weighted by atomic mass is 16.2. The van der Waals surface area contributed by atoms with Gasteiger partial charge in [-0.2, -0.15) is 0 Å². The Bertz CT molecular complexity index is 716. The molecule has 1 aliphatic heterocycles. The normalized spacial score (nSPS) is 15.6. The zero-order valence-corrected chi connectivity index (χ0v) is 15.4. The number of anilines is 1. The smallest absolute Gasteiger partial charge is 0.243 e. The summed E-state index contributed by atoms with van der Waals surface area (Å²) in [5.41, 5.74) is 2.40. The fourth-order valence-electron chi connectivity index (χ4n) is 3.40. The van der Waals surface area contributed by atoms with Crippen molar-refractivity contribution in [2.75, 3.05) is 18.0 Å². The molecule has 3 rings (SSSR count). The van der Waals surface area contributed by atoms with E-state index in [0.29, 0.717) is 12.5 Å². The largest absolute Gasteiger partial charge is 0.372 e. The van der Waals surface area contributed by atoms with Crippen molar-refractivity contribution in [3.05, 3.63) is 48.0 Å². The molecule has 0 radical (unpaired) electrons. The van der Waals surface area contributed by atoms with Crippen molar-refractivity contribution in [2.45, 2.75) is 52.1 Å². The van der Waals surface area contributed by atoms with Crippen LogP contribution in [0.5, 0.6) is 0 Å². The van der Waals surface area contributed by atoms with Gasteiger partial charge in [0.05, 0.1) is 0 Å². The minimum absolute atomic E-state index is 0.0199. The van der Waals surface area contributed by atoms with Gasteiger partial charge in [0.15, 0.2) is 0 Å². The first-order chi connectivity index (χ1) is 12.1. The Labute approximate surface area is 150 Å². The number of nitrogens with zero attached hydrogens (tertiary/aromatic N) is 3. The van der Waals surface area contributed by atoms with Gasteiger partial charge >= 0.3 is 0 Å². The second-order valence-corrected chi connectivity index (χ2v) is 7.11. The molecule has 1 aliphatic rings. The zero-order chi connectivity index (χ0) is 17.8. The Morgan fingerprint density at radius 1 is 1.24 bits per heavy atom. The van der Waals surface area contributed by atoms with Crippen LogP contribution in [0, 0.1) is 0 Å². The third-order valence-electron chi connectivity index (χ3n) is 4.86. The van der Waals surface area contributed by atoms with Gasteiger partial charge < -0.3 is 14.8 Å². The predicted molar refractivity (Wildman–Crippen MR) is 101 cm³/mol. The topological polar surface area (TPSA) is 50.2 Å². The van der Waals surface area contributed by atoms with Crippen LogP contribution in [0.15, 0.2) is 36.7 Å². The third kappa shape index (κ3) is 4.03. The van der Waals surface area contributed by atoms with Crippen LogP contribution in [-0.2, 0) is 11.3 Å². The maximum atomic E-state index is 12.6. The SMILES string of the molecule is CC(C)c1nccn1C(C)C(=O)NCc1cccc(N2CCCC2)c1. The minimum atomic E-state index is -0.262. The number of nitrogens with one attached hydrogen (secondary N) is 1. The molecule has 0 aliphatic carbocycles. The summed E-state index contributed by atoms with van der Waals surface area (Å²) >= 11 is 0. The lowest BCUT2D eigenvalue weighted by molar-refractivity contribution is -0.124. The molecule has 0 spiro atoms. The van der Waals surface area contributed by atoms with Gasteiger partial charge in [-0.1, -0.05) is 26.0 Å². The Morgan fingerprint density at radius 3 is 2.72 bits per heavy atom. The van der Waals surface area contributed by atoms with E-state index in [1.807, 2.05) is 17.7 Å². The highest BCUT2D eigenvalue weighted by Crippen LogP contribution is 2.21. The van der Waals surface area contributed by atoms with Crippen molar-refractivity contribution in [1.82, 2.24) is 14.9 Å². The first-order valence-corrected chi connectivity index (χ1v) is 9.20. The lowest BCUT2D eigenvalue weighted by Gasteiger charge is -2.19. The number of hydrogen-bond donors (Lipinski definition) is 1. The van der Waals surface area contributed by atoms with Gasteiger partial charge in [0.1, 0.15) is 11.9 Å². The monoisotopic (exact) mass is 340 g/mol. The molecule has 1 amide bonds. The Morgan fingerprint density at radius 2 is 2.00 bits per heavy atom. The highest BCUT2D eigenvalue weighted by Gasteiger charge is 2.19. The molecule has 1 unspecified atom stereocenters. The van der Waals surface area contributed by atoms with Crippen LogP contribution in [0.2, 0.25) is 0 Å². The summed E-state index contributed by atoms with van der Waals surface area (Å²) in [7, 11) is 0. The van der Waals surface area contributed by atoms with E-state index in [2.05, 4.69) is 53.3 Å². The molecule has 134 valence electrons. The average Bonchev–Trinajstić information content (AvgIpc) is 3.30. The van der Waals surface area contributed by atoms with Gasteiger partial charge in [-0.3, -0.25) is 4.79 Å². The van der Waals surface area contributed by atoms with Gasteiger partial charge in [0.2, 0.25) is 5.91 Å². The second kappa shape index (κ2) is 7.72. The number of amides is 1. The zero-order valence-electron chi connectivity index (χ0n) is 15.4. The van der Waals surface area contributed by atoms with Gasteiger partial charge in [0, 0.05) is 43.6 Å². The molecule has 1 saturated heterocycles. The molecular formula is C20H28N4O. The van der Waals surface area contributed by atoms with Gasteiger partial charge in [-0.05, 0) is 37.5 Å². The van der Waals surface area contributed by atoms with E-state index < -0.39 is 0 Å². The quantitative estimate of drug-likeness (QED) is 0.876. The first kappa shape index (κ1) is 17.5. The first-order valence-electron chi connectivity index (χ1n) is 9.20. The Balaban J connectivity index is 1.62. The lowest BCUT2D eigenvalue weighted by atomic mass is 10.1. The molecule has 5 nitrogen and oxygen atoms in total. The van der Waals surface area contributed by atoms with Crippen molar-refractivity contribution >= 4 is 11.6 Å². The fourth-order valence-corrected chi connectivity index (χ4v) is 3.40. The maximum absolute atomic E-state index is 12.6. The summed E-state index contributed by atoms with van der Waals surface area (Å²) in [5.74, 6) is 1.26. The fraction of sp³-hybridized carbons (Fsp3) is 0.500. The number of carbonyl (C=O) groups excluding carboxylic acids is 1. The van der Waals surface area contributed by atoms with Crippen molar-refractivity contribution < 1.29 is 4.79 Å². The molecule has 1 N–H and O–H groups in total. The highest BCUT2D eigenvalue weighted by molar-refractivity contribution is 5.80. The van der Waals surface area contributed by atoms with E-state index >= 15 is 0 Å². The van der Waals surface area contributed by atoms with Gasteiger partial charge in [-0.15, -0.1) is 0 Å². The molecule has 1 aromatic carbocycles. The number of carbonyl (C=O) groups is 1. The number of aromatic nitrogens is 2. The Kier molecular flexibility index (Phi) is 5.41. The predicted octanol–water partition coefficient (Wildman–Crippen LogP) is 3.48. The molecule has 2 heterocycles. The molecule has 1 fully saturated rings. The van der Waals surface area contributed by atoms with Gasteiger partial charge in [0.25, 0.3) is 0 Å². The summed E-state index contributed by atoms with van der Waals surface area (Å²) in [6.45, 7) is 8.91. The average molecular weight is 340 g/mol. The van der Waals surface area contributed by atoms with E-state index in [1.54, 1.807) is 6.20 Å². The number of rotatable bonds is 6. The van der Waals surface area contributed by atoms with E-state index in [0.717, 1.165) is 24.5 Å². The maximum Gasteiger partial charge on any atom is 0.243 e. The van der Waals surface area contributed by atoms with Crippen molar-refractivity contribution in [1.29, 1.82) is 0 Å². The van der Waals surface area contributed by atoms with E-state index in [-0.39, 0.29) is 11.9 Å². The summed E-state index contributed by atoms with van der Waals surface area (Å²) in [6.07, 6.45) is 6.18. The molecule has 5 heteroatoms. The minimum Gasteiger partial charge on any atom is -0.372 e. The number of hydrogen-bond acceptors (Lipinski definition) is 3. The summed E-state index contributed by atoms with van der Waals surface area (Å²) in [6, 6.07) is 8.22. The van der Waals surface area contributed by atoms with Crippen LogP contribution in [0.3, 0.4) is 0 Å². The van der Waals surface area contributed by atoms with Crippen LogP contribution in [0.1, 0.15) is 57.0 Å². The third-order valence-corrected chi connectivity index (χ3v) is 4.86. The molecule has 0 saturated carbocycles. The van der Waals surface area contributed by atoms with E-state index in [9.17, 15) is 4.79 Å². The van der Waals surface area contributed by atoms with Crippen molar-refractivity contribution in [3.63, 3.8) is 0 Å². The molecular weight excluding hydrogens is 312 g/mol. The van der Waals surface area contributed by atoms with Crippen molar-refractivity contribution in [3.8, 4) is 0 Å². The Hall–Kier alpha value is -2.30. The second-order valence-electron chi connectivity index (χ2n) is 7.11. The summed E-state index contributed by atoms with van der Waals surface area (Å²) in [5, 5.41) is 3.06. The van der Waals surface area contributed by atoms with Crippen molar-refractivity contribution in [2.24, 2.45) is 0 Å². The molecule has 2 aromatic rings. The summed E-state index contributed by atoms with van der Waals surface area (Å²) in [4.78, 5) is 19.3.